The maximum atomic E-state index is 11.5. The molecule has 1 rings (SSSR count). The van der Waals surface area contributed by atoms with E-state index in [1.807, 2.05) is 13.8 Å². The SMILES string of the molecule is CC[C@@H](C)NC(=O)COC(=O)c1cnc(C)cn1. The fourth-order valence-electron chi connectivity index (χ4n) is 1.12. The van der Waals surface area contributed by atoms with Crippen LogP contribution in [0.1, 0.15) is 36.5 Å². The third-order valence-corrected chi connectivity index (χ3v) is 2.34. The third-order valence-electron chi connectivity index (χ3n) is 2.34. The second-order valence-corrected chi connectivity index (χ2v) is 4.00. The molecule has 6 heteroatoms. The van der Waals surface area contributed by atoms with Crippen LogP contribution in [0.25, 0.3) is 0 Å². The Morgan fingerprint density at radius 3 is 2.67 bits per heavy atom. The highest BCUT2D eigenvalue weighted by molar-refractivity contribution is 5.89. The molecule has 1 heterocycles. The number of carbonyl (C=O) groups excluding carboxylic acids is 2. The quantitative estimate of drug-likeness (QED) is 0.785. The lowest BCUT2D eigenvalue weighted by molar-refractivity contribution is -0.124. The molecule has 1 N–H and O–H groups in total. The minimum Gasteiger partial charge on any atom is -0.451 e. The molecule has 18 heavy (non-hydrogen) atoms. The van der Waals surface area contributed by atoms with Crippen LogP contribution in [0, 0.1) is 6.92 Å². The molecule has 0 saturated carbocycles. The van der Waals surface area contributed by atoms with E-state index in [4.69, 9.17) is 4.74 Å². The average molecular weight is 251 g/mol. The van der Waals surface area contributed by atoms with Gasteiger partial charge < -0.3 is 10.1 Å². The van der Waals surface area contributed by atoms with Crippen LogP contribution in [-0.2, 0) is 9.53 Å². The van der Waals surface area contributed by atoms with Crippen molar-refractivity contribution in [3.8, 4) is 0 Å². The number of aryl methyl sites for hydroxylation is 1. The minimum atomic E-state index is -0.651. The Morgan fingerprint density at radius 1 is 1.39 bits per heavy atom. The van der Waals surface area contributed by atoms with E-state index in [1.54, 1.807) is 6.92 Å². The van der Waals surface area contributed by atoms with Crippen LogP contribution in [0.15, 0.2) is 12.4 Å². The molecule has 1 atom stereocenters. The molecule has 1 aromatic rings. The number of esters is 1. The van der Waals surface area contributed by atoms with Crippen LogP contribution in [0.3, 0.4) is 0 Å². The van der Waals surface area contributed by atoms with Crippen molar-refractivity contribution in [3.05, 3.63) is 23.8 Å². The first-order chi connectivity index (χ1) is 8.52. The van der Waals surface area contributed by atoms with Crippen molar-refractivity contribution in [2.75, 3.05) is 6.61 Å². The van der Waals surface area contributed by atoms with Gasteiger partial charge in [-0.05, 0) is 20.3 Å². The molecule has 0 unspecified atom stereocenters. The molecule has 0 aromatic carbocycles. The Bertz CT molecular complexity index is 417. The predicted molar refractivity (Wildman–Crippen MR) is 64.9 cm³/mol. The zero-order valence-electron chi connectivity index (χ0n) is 10.8. The first-order valence-electron chi connectivity index (χ1n) is 5.78. The topological polar surface area (TPSA) is 81.2 Å². The lowest BCUT2D eigenvalue weighted by Gasteiger charge is -2.11. The van der Waals surface area contributed by atoms with Gasteiger partial charge in [0.2, 0.25) is 0 Å². The minimum absolute atomic E-state index is 0.0652. The fourth-order valence-corrected chi connectivity index (χ4v) is 1.12. The summed E-state index contributed by atoms with van der Waals surface area (Å²) in [5, 5.41) is 2.69. The molecule has 0 aliphatic carbocycles. The first-order valence-corrected chi connectivity index (χ1v) is 5.78. The number of rotatable bonds is 5. The molecular formula is C12H17N3O3. The predicted octanol–water partition coefficient (Wildman–Crippen LogP) is 0.857. The zero-order valence-corrected chi connectivity index (χ0v) is 10.8. The second-order valence-electron chi connectivity index (χ2n) is 4.00. The largest absolute Gasteiger partial charge is 0.451 e. The summed E-state index contributed by atoms with van der Waals surface area (Å²) in [6.07, 6.45) is 3.61. The number of nitrogens with one attached hydrogen (secondary N) is 1. The molecule has 0 radical (unpaired) electrons. The number of hydrogen-bond donors (Lipinski definition) is 1. The Morgan fingerprint density at radius 2 is 2.11 bits per heavy atom. The fraction of sp³-hybridized carbons (Fsp3) is 0.500. The molecule has 0 aliphatic heterocycles. The number of ether oxygens (including phenoxy) is 1. The van der Waals surface area contributed by atoms with Gasteiger partial charge in [0, 0.05) is 12.2 Å². The number of aromatic nitrogens is 2. The summed E-state index contributed by atoms with van der Waals surface area (Å²) in [6.45, 7) is 5.30. The first kappa shape index (κ1) is 14.1. The zero-order chi connectivity index (χ0) is 13.5. The van der Waals surface area contributed by atoms with Gasteiger partial charge in [-0.3, -0.25) is 9.78 Å². The van der Waals surface area contributed by atoms with Crippen molar-refractivity contribution in [1.82, 2.24) is 15.3 Å². The number of hydrogen-bond acceptors (Lipinski definition) is 5. The lowest BCUT2D eigenvalue weighted by Crippen LogP contribution is -2.35. The molecule has 0 aliphatic rings. The normalized spacial score (nSPS) is 11.7. The van der Waals surface area contributed by atoms with Crippen LogP contribution in [0.5, 0.6) is 0 Å². The summed E-state index contributed by atoms with van der Waals surface area (Å²) in [7, 11) is 0. The van der Waals surface area contributed by atoms with Crippen molar-refractivity contribution in [2.45, 2.75) is 33.2 Å². The third kappa shape index (κ3) is 4.48. The summed E-state index contributed by atoms with van der Waals surface area (Å²) in [5.41, 5.74) is 0.804. The van der Waals surface area contributed by atoms with Gasteiger partial charge in [-0.15, -0.1) is 0 Å². The number of carbonyl (C=O) groups is 2. The van der Waals surface area contributed by atoms with Crippen LogP contribution in [0.4, 0.5) is 0 Å². The Hall–Kier alpha value is -1.98. The summed E-state index contributed by atoms with van der Waals surface area (Å²) < 4.78 is 4.82. The molecule has 6 nitrogen and oxygen atoms in total. The van der Waals surface area contributed by atoms with Gasteiger partial charge in [-0.25, -0.2) is 9.78 Å². The number of nitrogens with zero attached hydrogens (tertiary/aromatic N) is 2. The van der Waals surface area contributed by atoms with Crippen molar-refractivity contribution >= 4 is 11.9 Å². The summed E-state index contributed by atoms with van der Waals surface area (Å²) in [4.78, 5) is 30.7. The molecule has 1 aromatic heterocycles. The number of amides is 1. The Kier molecular flexibility index (Phi) is 5.23. The highest BCUT2D eigenvalue weighted by Gasteiger charge is 2.12. The Labute approximate surface area is 106 Å². The summed E-state index contributed by atoms with van der Waals surface area (Å²) >= 11 is 0. The van der Waals surface area contributed by atoms with Gasteiger partial charge in [0.1, 0.15) is 0 Å². The van der Waals surface area contributed by atoms with E-state index in [2.05, 4.69) is 15.3 Å². The van der Waals surface area contributed by atoms with E-state index >= 15 is 0 Å². The van der Waals surface area contributed by atoms with Gasteiger partial charge in [0.25, 0.3) is 5.91 Å². The van der Waals surface area contributed by atoms with Crippen molar-refractivity contribution in [2.24, 2.45) is 0 Å². The molecule has 1 amide bonds. The van der Waals surface area contributed by atoms with E-state index in [-0.39, 0.29) is 24.2 Å². The molecule has 0 spiro atoms. The van der Waals surface area contributed by atoms with E-state index in [1.165, 1.54) is 12.4 Å². The van der Waals surface area contributed by atoms with Crippen LogP contribution in [0.2, 0.25) is 0 Å². The smallest absolute Gasteiger partial charge is 0.359 e. The molecule has 98 valence electrons. The average Bonchev–Trinajstić information content (AvgIpc) is 2.36. The van der Waals surface area contributed by atoms with E-state index in [0.717, 1.165) is 6.42 Å². The standard InChI is InChI=1S/C12H17N3O3/c1-4-8(2)15-11(16)7-18-12(17)10-6-13-9(3)5-14-10/h5-6,8H,4,7H2,1-3H3,(H,15,16)/t8-/m1/s1. The van der Waals surface area contributed by atoms with Gasteiger partial charge in [-0.1, -0.05) is 6.92 Å². The molecule has 0 saturated heterocycles. The monoisotopic (exact) mass is 251 g/mol. The maximum absolute atomic E-state index is 11.5. The van der Waals surface area contributed by atoms with Crippen LogP contribution < -0.4 is 5.32 Å². The highest BCUT2D eigenvalue weighted by atomic mass is 16.5. The van der Waals surface area contributed by atoms with Gasteiger partial charge >= 0.3 is 5.97 Å². The molecule has 0 bridgehead atoms. The summed E-state index contributed by atoms with van der Waals surface area (Å²) in [6, 6.07) is 0.0652. The van der Waals surface area contributed by atoms with E-state index in [9.17, 15) is 9.59 Å². The second kappa shape index (κ2) is 6.68. The van der Waals surface area contributed by atoms with Crippen LogP contribution in [-0.4, -0.2) is 34.5 Å². The molecular weight excluding hydrogens is 234 g/mol. The van der Waals surface area contributed by atoms with Crippen molar-refractivity contribution in [3.63, 3.8) is 0 Å². The van der Waals surface area contributed by atoms with E-state index < -0.39 is 5.97 Å². The Balaban J connectivity index is 2.41. The van der Waals surface area contributed by atoms with Crippen LogP contribution >= 0.6 is 0 Å². The van der Waals surface area contributed by atoms with Gasteiger partial charge in [0.05, 0.1) is 11.9 Å². The van der Waals surface area contributed by atoms with E-state index in [0.29, 0.717) is 5.69 Å². The molecule has 0 fully saturated rings. The summed E-state index contributed by atoms with van der Waals surface area (Å²) in [5.74, 6) is -0.973. The highest BCUT2D eigenvalue weighted by Crippen LogP contribution is 1.97. The van der Waals surface area contributed by atoms with Gasteiger partial charge in [-0.2, -0.15) is 0 Å². The van der Waals surface area contributed by atoms with Crippen molar-refractivity contribution in [1.29, 1.82) is 0 Å². The maximum Gasteiger partial charge on any atom is 0.359 e. The van der Waals surface area contributed by atoms with Crippen molar-refractivity contribution < 1.29 is 14.3 Å². The lowest BCUT2D eigenvalue weighted by atomic mass is 10.2. The van der Waals surface area contributed by atoms with Gasteiger partial charge in [0.15, 0.2) is 12.3 Å².